The van der Waals surface area contributed by atoms with Crippen LogP contribution in [0, 0.1) is 11.8 Å². The molecule has 0 aromatic rings. The van der Waals surface area contributed by atoms with Crippen LogP contribution in [0.3, 0.4) is 0 Å². The smallest absolute Gasteiger partial charge is 0.0206 e. The van der Waals surface area contributed by atoms with Crippen LogP contribution in [0.1, 0.15) is 77.0 Å². The number of nitrogens with two attached hydrogens (primary N) is 1. The average molecular weight is 262 g/mol. The summed E-state index contributed by atoms with van der Waals surface area (Å²) in [7, 11) is 0. The summed E-state index contributed by atoms with van der Waals surface area (Å²) in [6.07, 6.45) is 16.9. The Labute approximate surface area is 117 Å². The molecule has 0 amide bonds. The Morgan fingerprint density at radius 3 is 2.05 bits per heavy atom. The van der Waals surface area contributed by atoms with Crippen molar-refractivity contribution in [1.29, 1.82) is 0 Å². The predicted molar refractivity (Wildman–Crippen MR) is 79.0 cm³/mol. The molecule has 2 nitrogen and oxygen atoms in total. The number of nitrogens with one attached hydrogen (secondary N) is 1. The lowest BCUT2D eigenvalue weighted by atomic mass is 9.50. The molecule has 0 saturated heterocycles. The van der Waals surface area contributed by atoms with Gasteiger partial charge < -0.3 is 11.1 Å². The quantitative estimate of drug-likeness (QED) is 0.749. The standard InChI is InChI=1S/C17H30N2/c18-16-8-13-7-14(9-16)11-17(10-13,12-16)19-15-5-3-1-2-4-6-15/h13-15,19H,1-12,18H2. The van der Waals surface area contributed by atoms with Gasteiger partial charge in [-0.25, -0.2) is 0 Å². The first kappa shape index (κ1) is 12.6. The van der Waals surface area contributed by atoms with Crippen LogP contribution in [-0.2, 0) is 0 Å². The molecule has 108 valence electrons. The van der Waals surface area contributed by atoms with Gasteiger partial charge in [-0.05, 0) is 63.2 Å². The molecule has 3 N–H and O–H groups in total. The highest BCUT2D eigenvalue weighted by atomic mass is 15.0. The van der Waals surface area contributed by atoms with E-state index in [1.165, 1.54) is 77.0 Å². The van der Waals surface area contributed by atoms with Gasteiger partial charge in [0.2, 0.25) is 0 Å². The topological polar surface area (TPSA) is 38.0 Å². The zero-order chi connectivity index (χ0) is 12.9. The molecule has 5 fully saturated rings. The highest BCUT2D eigenvalue weighted by Gasteiger charge is 2.56. The summed E-state index contributed by atoms with van der Waals surface area (Å²) in [4.78, 5) is 0. The van der Waals surface area contributed by atoms with Gasteiger partial charge >= 0.3 is 0 Å². The third-order valence-electron chi connectivity index (χ3n) is 6.47. The van der Waals surface area contributed by atoms with E-state index in [4.69, 9.17) is 5.73 Å². The highest BCUT2D eigenvalue weighted by Crippen LogP contribution is 2.56. The molecule has 4 bridgehead atoms. The van der Waals surface area contributed by atoms with E-state index in [1.54, 1.807) is 0 Å². The van der Waals surface area contributed by atoms with E-state index < -0.39 is 0 Å². The molecule has 19 heavy (non-hydrogen) atoms. The van der Waals surface area contributed by atoms with Crippen molar-refractivity contribution in [3.8, 4) is 0 Å². The van der Waals surface area contributed by atoms with Gasteiger partial charge in [0.1, 0.15) is 0 Å². The largest absolute Gasteiger partial charge is 0.325 e. The molecule has 0 spiro atoms. The van der Waals surface area contributed by atoms with Gasteiger partial charge in [-0.1, -0.05) is 25.7 Å². The lowest BCUT2D eigenvalue weighted by Gasteiger charge is -2.62. The fourth-order valence-electron chi connectivity index (χ4n) is 6.36. The first-order valence-corrected chi connectivity index (χ1v) is 8.71. The fourth-order valence-corrected chi connectivity index (χ4v) is 6.36. The molecule has 2 unspecified atom stereocenters. The van der Waals surface area contributed by atoms with Crippen LogP contribution in [0.2, 0.25) is 0 Å². The third kappa shape index (κ3) is 2.35. The summed E-state index contributed by atoms with van der Waals surface area (Å²) >= 11 is 0. The molecule has 2 heteroatoms. The summed E-state index contributed by atoms with van der Waals surface area (Å²) in [5.41, 5.74) is 7.34. The lowest BCUT2D eigenvalue weighted by molar-refractivity contribution is -0.0412. The molecule has 5 saturated carbocycles. The molecule has 0 aliphatic heterocycles. The van der Waals surface area contributed by atoms with E-state index in [-0.39, 0.29) is 5.54 Å². The Bertz CT molecular complexity index is 329. The van der Waals surface area contributed by atoms with Crippen LogP contribution in [0.25, 0.3) is 0 Å². The zero-order valence-electron chi connectivity index (χ0n) is 12.3. The Balaban J connectivity index is 1.50. The van der Waals surface area contributed by atoms with Crippen LogP contribution in [0.5, 0.6) is 0 Å². The number of hydrogen-bond donors (Lipinski definition) is 2. The SMILES string of the molecule is NC12CC3CC(C1)CC(NC1CCCCCC1)(C3)C2. The number of rotatable bonds is 2. The van der Waals surface area contributed by atoms with Gasteiger partial charge in [-0.3, -0.25) is 0 Å². The monoisotopic (exact) mass is 262 g/mol. The Morgan fingerprint density at radius 2 is 1.47 bits per heavy atom. The summed E-state index contributed by atoms with van der Waals surface area (Å²) in [6.45, 7) is 0. The molecule has 5 aliphatic carbocycles. The maximum absolute atomic E-state index is 6.70. The Hall–Kier alpha value is -0.0800. The van der Waals surface area contributed by atoms with E-state index >= 15 is 0 Å². The second-order valence-corrected chi connectivity index (χ2v) is 8.44. The van der Waals surface area contributed by atoms with Gasteiger partial charge in [0.05, 0.1) is 0 Å². The first-order valence-electron chi connectivity index (χ1n) is 8.71. The summed E-state index contributed by atoms with van der Waals surface area (Å²) in [5, 5.41) is 4.15. The minimum absolute atomic E-state index is 0.196. The van der Waals surface area contributed by atoms with Gasteiger partial charge in [0.25, 0.3) is 0 Å². The van der Waals surface area contributed by atoms with Crippen LogP contribution in [0.4, 0.5) is 0 Å². The van der Waals surface area contributed by atoms with Gasteiger partial charge in [-0.2, -0.15) is 0 Å². The van der Waals surface area contributed by atoms with E-state index in [9.17, 15) is 0 Å². The van der Waals surface area contributed by atoms with Gasteiger partial charge in [0.15, 0.2) is 0 Å². The van der Waals surface area contributed by atoms with Crippen LogP contribution < -0.4 is 11.1 Å². The van der Waals surface area contributed by atoms with E-state index in [0.717, 1.165) is 17.9 Å². The fraction of sp³-hybridized carbons (Fsp3) is 1.00. The van der Waals surface area contributed by atoms with Crippen molar-refractivity contribution in [3.63, 3.8) is 0 Å². The molecule has 0 radical (unpaired) electrons. The second-order valence-electron chi connectivity index (χ2n) is 8.44. The lowest BCUT2D eigenvalue weighted by Crippen LogP contribution is -2.68. The van der Waals surface area contributed by atoms with Gasteiger partial charge in [0, 0.05) is 17.1 Å². The van der Waals surface area contributed by atoms with Crippen LogP contribution in [-0.4, -0.2) is 17.1 Å². The molecule has 0 aromatic carbocycles. The van der Waals surface area contributed by atoms with Crippen molar-refractivity contribution in [2.75, 3.05) is 0 Å². The average Bonchev–Trinajstić information content (AvgIpc) is 2.53. The molecule has 2 atom stereocenters. The Morgan fingerprint density at radius 1 is 0.842 bits per heavy atom. The number of hydrogen-bond acceptors (Lipinski definition) is 2. The first-order chi connectivity index (χ1) is 9.15. The van der Waals surface area contributed by atoms with Crippen molar-refractivity contribution in [3.05, 3.63) is 0 Å². The van der Waals surface area contributed by atoms with Crippen molar-refractivity contribution < 1.29 is 0 Å². The molecular weight excluding hydrogens is 232 g/mol. The predicted octanol–water partition coefficient (Wildman–Crippen LogP) is 3.35. The highest BCUT2D eigenvalue weighted by molar-refractivity contribution is 5.14. The van der Waals surface area contributed by atoms with Crippen LogP contribution in [0.15, 0.2) is 0 Å². The normalized spacial score (nSPS) is 50.4. The minimum atomic E-state index is 0.196. The summed E-state index contributed by atoms with van der Waals surface area (Å²) in [5.74, 6) is 1.87. The van der Waals surface area contributed by atoms with E-state index in [2.05, 4.69) is 5.32 Å². The van der Waals surface area contributed by atoms with Crippen molar-refractivity contribution in [2.45, 2.75) is 94.2 Å². The van der Waals surface area contributed by atoms with Crippen molar-refractivity contribution in [2.24, 2.45) is 17.6 Å². The van der Waals surface area contributed by atoms with E-state index in [0.29, 0.717) is 5.54 Å². The van der Waals surface area contributed by atoms with Gasteiger partial charge in [-0.15, -0.1) is 0 Å². The molecule has 5 aliphatic rings. The molecule has 0 aromatic heterocycles. The third-order valence-corrected chi connectivity index (χ3v) is 6.47. The summed E-state index contributed by atoms with van der Waals surface area (Å²) in [6, 6.07) is 0.794. The Kier molecular flexibility index (Phi) is 2.97. The van der Waals surface area contributed by atoms with Crippen molar-refractivity contribution >= 4 is 0 Å². The zero-order valence-corrected chi connectivity index (χ0v) is 12.3. The molecule has 0 heterocycles. The maximum Gasteiger partial charge on any atom is 0.0206 e. The van der Waals surface area contributed by atoms with Crippen LogP contribution >= 0.6 is 0 Å². The molecular formula is C17H30N2. The summed E-state index contributed by atoms with van der Waals surface area (Å²) < 4.78 is 0. The maximum atomic E-state index is 6.70. The second kappa shape index (κ2) is 4.46. The van der Waals surface area contributed by atoms with E-state index in [1.807, 2.05) is 0 Å². The van der Waals surface area contributed by atoms with Crippen molar-refractivity contribution in [1.82, 2.24) is 5.32 Å². The minimum Gasteiger partial charge on any atom is -0.325 e. The molecule has 5 rings (SSSR count).